The third kappa shape index (κ3) is 2.39. The molecule has 0 saturated heterocycles. The van der Waals surface area contributed by atoms with Gasteiger partial charge in [-0.1, -0.05) is 12.2 Å². The molecule has 0 radical (unpaired) electrons. The molecule has 1 aromatic rings. The van der Waals surface area contributed by atoms with E-state index < -0.39 is 0 Å². The lowest BCUT2D eigenvalue weighted by Gasteiger charge is -1.92. The van der Waals surface area contributed by atoms with E-state index in [2.05, 4.69) is 4.98 Å². The second-order valence-corrected chi connectivity index (χ2v) is 2.15. The van der Waals surface area contributed by atoms with E-state index in [-0.39, 0.29) is 0 Å². The molecule has 11 heavy (non-hydrogen) atoms. The molecule has 0 unspecified atom stereocenters. The van der Waals surface area contributed by atoms with E-state index in [1.54, 1.807) is 12.3 Å². The lowest BCUT2D eigenvalue weighted by atomic mass is 10.2. The van der Waals surface area contributed by atoms with Crippen molar-refractivity contribution in [1.29, 1.82) is 0 Å². The minimum Gasteiger partial charge on any atom is -0.384 e. The summed E-state index contributed by atoms with van der Waals surface area (Å²) in [4.78, 5) is 3.92. The number of hydrogen-bond acceptors (Lipinski definition) is 3. The Kier molecular flexibility index (Phi) is 2.63. The van der Waals surface area contributed by atoms with E-state index in [9.17, 15) is 0 Å². The normalized spacial score (nSPS) is 10.6. The number of hydrogen-bond donors (Lipinski definition) is 2. The highest BCUT2D eigenvalue weighted by atomic mass is 14.8. The minimum atomic E-state index is 0.537. The second-order valence-electron chi connectivity index (χ2n) is 2.15. The smallest absolute Gasteiger partial charge is 0.123 e. The molecular weight excluding hydrogens is 138 g/mol. The summed E-state index contributed by atoms with van der Waals surface area (Å²) in [6, 6.07) is 3.66. The third-order valence-corrected chi connectivity index (χ3v) is 1.26. The van der Waals surface area contributed by atoms with Gasteiger partial charge in [-0.05, 0) is 17.7 Å². The monoisotopic (exact) mass is 149 g/mol. The maximum Gasteiger partial charge on any atom is 0.123 e. The number of nitrogens with zero attached hydrogens (tertiary/aromatic N) is 1. The summed E-state index contributed by atoms with van der Waals surface area (Å²) < 4.78 is 0. The predicted molar refractivity (Wildman–Crippen MR) is 46.7 cm³/mol. The topological polar surface area (TPSA) is 64.9 Å². The van der Waals surface area contributed by atoms with Crippen molar-refractivity contribution < 1.29 is 0 Å². The van der Waals surface area contributed by atoms with Crippen LogP contribution < -0.4 is 11.5 Å². The summed E-state index contributed by atoms with van der Waals surface area (Å²) in [5, 5.41) is 0. The summed E-state index contributed by atoms with van der Waals surface area (Å²) >= 11 is 0. The molecule has 0 amide bonds. The van der Waals surface area contributed by atoms with E-state index in [1.165, 1.54) is 0 Å². The number of anilines is 1. The van der Waals surface area contributed by atoms with Gasteiger partial charge in [0.15, 0.2) is 0 Å². The molecule has 1 aromatic heterocycles. The highest BCUT2D eigenvalue weighted by Gasteiger charge is 1.85. The Bertz CT molecular complexity index is 238. The van der Waals surface area contributed by atoms with Crippen LogP contribution in [0.15, 0.2) is 24.4 Å². The largest absolute Gasteiger partial charge is 0.384 e. The quantitative estimate of drug-likeness (QED) is 0.648. The fraction of sp³-hybridized carbons (Fsp3) is 0.125. The van der Waals surface area contributed by atoms with Gasteiger partial charge in [0.1, 0.15) is 5.82 Å². The Labute approximate surface area is 65.7 Å². The number of aromatic nitrogens is 1. The van der Waals surface area contributed by atoms with Crippen LogP contribution in [0.1, 0.15) is 5.56 Å². The van der Waals surface area contributed by atoms with E-state index in [1.807, 2.05) is 18.2 Å². The fourth-order valence-electron chi connectivity index (χ4n) is 0.719. The van der Waals surface area contributed by atoms with Crippen LogP contribution in [0.25, 0.3) is 6.08 Å². The van der Waals surface area contributed by atoms with E-state index in [4.69, 9.17) is 11.5 Å². The van der Waals surface area contributed by atoms with Gasteiger partial charge in [-0.25, -0.2) is 4.98 Å². The highest BCUT2D eigenvalue weighted by molar-refractivity contribution is 5.49. The van der Waals surface area contributed by atoms with Crippen LogP contribution >= 0.6 is 0 Å². The predicted octanol–water partition coefficient (Wildman–Crippen LogP) is 0.636. The molecular formula is C8H11N3. The van der Waals surface area contributed by atoms with Gasteiger partial charge >= 0.3 is 0 Å². The van der Waals surface area contributed by atoms with Crippen LogP contribution in [-0.2, 0) is 0 Å². The molecule has 0 bridgehead atoms. The number of rotatable bonds is 2. The molecule has 0 aliphatic rings. The molecule has 0 aromatic carbocycles. The lowest BCUT2D eigenvalue weighted by Crippen LogP contribution is -1.92. The molecule has 4 N–H and O–H groups in total. The van der Waals surface area contributed by atoms with Crippen LogP contribution in [0.3, 0.4) is 0 Å². The van der Waals surface area contributed by atoms with Gasteiger partial charge in [0.25, 0.3) is 0 Å². The first kappa shape index (κ1) is 7.75. The summed E-state index contributed by atoms with van der Waals surface area (Å²) in [6.45, 7) is 0.546. The van der Waals surface area contributed by atoms with Crippen LogP contribution in [0.2, 0.25) is 0 Å². The Morgan fingerprint density at radius 2 is 2.27 bits per heavy atom. The third-order valence-electron chi connectivity index (χ3n) is 1.26. The molecule has 0 spiro atoms. The number of nitrogen functional groups attached to an aromatic ring is 1. The molecule has 58 valence electrons. The van der Waals surface area contributed by atoms with Crippen molar-refractivity contribution in [2.75, 3.05) is 12.3 Å². The van der Waals surface area contributed by atoms with Crippen LogP contribution in [0, 0.1) is 0 Å². The lowest BCUT2D eigenvalue weighted by molar-refractivity contribution is 1.26. The Morgan fingerprint density at radius 3 is 2.82 bits per heavy atom. The Morgan fingerprint density at radius 1 is 1.45 bits per heavy atom. The SMILES string of the molecule is NCC=Cc1ccc(N)nc1. The van der Waals surface area contributed by atoms with Gasteiger partial charge in [0, 0.05) is 12.7 Å². The number of pyridine rings is 1. The molecule has 0 aliphatic heterocycles. The average molecular weight is 149 g/mol. The van der Waals surface area contributed by atoms with Crippen LogP contribution in [0.4, 0.5) is 5.82 Å². The zero-order valence-electron chi connectivity index (χ0n) is 6.20. The first-order valence-corrected chi connectivity index (χ1v) is 3.41. The maximum atomic E-state index is 5.40. The van der Waals surface area contributed by atoms with Gasteiger partial charge in [-0.3, -0.25) is 0 Å². The van der Waals surface area contributed by atoms with E-state index in [0.717, 1.165) is 5.56 Å². The van der Waals surface area contributed by atoms with Crippen molar-refractivity contribution in [3.8, 4) is 0 Å². The van der Waals surface area contributed by atoms with Gasteiger partial charge < -0.3 is 11.5 Å². The first-order valence-electron chi connectivity index (χ1n) is 3.41. The molecule has 3 heteroatoms. The molecule has 1 rings (SSSR count). The summed E-state index contributed by atoms with van der Waals surface area (Å²) in [6.07, 6.45) is 5.49. The number of nitrogens with two attached hydrogens (primary N) is 2. The van der Waals surface area contributed by atoms with Gasteiger partial charge in [0.2, 0.25) is 0 Å². The zero-order valence-corrected chi connectivity index (χ0v) is 6.20. The van der Waals surface area contributed by atoms with Gasteiger partial charge in [-0.2, -0.15) is 0 Å². The fourth-order valence-corrected chi connectivity index (χ4v) is 0.719. The molecule has 0 fully saturated rings. The minimum absolute atomic E-state index is 0.537. The standard InChI is InChI=1S/C8H11N3/c9-5-1-2-7-3-4-8(10)11-6-7/h1-4,6H,5,9H2,(H2,10,11). The first-order chi connectivity index (χ1) is 5.33. The van der Waals surface area contributed by atoms with E-state index >= 15 is 0 Å². The Balaban J connectivity index is 2.73. The van der Waals surface area contributed by atoms with Crippen molar-refractivity contribution in [3.63, 3.8) is 0 Å². The van der Waals surface area contributed by atoms with Crippen LogP contribution in [-0.4, -0.2) is 11.5 Å². The Hall–Kier alpha value is -1.35. The second kappa shape index (κ2) is 3.73. The molecule has 3 nitrogen and oxygen atoms in total. The molecule has 0 aliphatic carbocycles. The van der Waals surface area contributed by atoms with Crippen LogP contribution in [0.5, 0.6) is 0 Å². The molecule has 0 saturated carbocycles. The van der Waals surface area contributed by atoms with Crippen molar-refractivity contribution >= 4 is 11.9 Å². The average Bonchev–Trinajstić information content (AvgIpc) is 2.04. The van der Waals surface area contributed by atoms with Crippen molar-refractivity contribution in [3.05, 3.63) is 30.0 Å². The van der Waals surface area contributed by atoms with Gasteiger partial charge in [0.05, 0.1) is 0 Å². The van der Waals surface area contributed by atoms with Crippen molar-refractivity contribution in [2.24, 2.45) is 5.73 Å². The van der Waals surface area contributed by atoms with Crippen molar-refractivity contribution in [2.45, 2.75) is 0 Å². The summed E-state index contributed by atoms with van der Waals surface area (Å²) in [7, 11) is 0. The van der Waals surface area contributed by atoms with Crippen molar-refractivity contribution in [1.82, 2.24) is 4.98 Å². The summed E-state index contributed by atoms with van der Waals surface area (Å²) in [5.74, 6) is 0.537. The van der Waals surface area contributed by atoms with Gasteiger partial charge in [-0.15, -0.1) is 0 Å². The van der Waals surface area contributed by atoms with E-state index in [0.29, 0.717) is 12.4 Å². The highest BCUT2D eigenvalue weighted by Crippen LogP contribution is 2.02. The molecule has 0 atom stereocenters. The maximum absolute atomic E-state index is 5.40. The zero-order chi connectivity index (χ0) is 8.10. The molecule has 1 heterocycles. The summed E-state index contributed by atoms with van der Waals surface area (Å²) in [5.41, 5.74) is 11.7.